The van der Waals surface area contributed by atoms with Crippen LogP contribution >= 0.6 is 0 Å². The number of methoxy groups -OCH3 is 3. The van der Waals surface area contributed by atoms with Gasteiger partial charge in [-0.15, -0.1) is 10.2 Å². The molecule has 0 aliphatic rings. The minimum Gasteiger partial charge on any atom is -0.497 e. The zero-order valence-electron chi connectivity index (χ0n) is 35.1. The number of amides is 1. The van der Waals surface area contributed by atoms with Gasteiger partial charge in [-0.2, -0.15) is 9.10 Å². The molecule has 6 aromatic rings. The van der Waals surface area contributed by atoms with Crippen molar-refractivity contribution < 1.29 is 40.6 Å². The van der Waals surface area contributed by atoms with Crippen LogP contribution in [0.25, 0.3) is 22.5 Å². The maximum absolute atomic E-state index is 15.8. The summed E-state index contributed by atoms with van der Waals surface area (Å²) >= 11 is 0. The second-order valence-electron chi connectivity index (χ2n) is 15.0. The van der Waals surface area contributed by atoms with Crippen molar-refractivity contribution in [2.24, 2.45) is 0 Å². The number of anilines is 1. The van der Waals surface area contributed by atoms with Gasteiger partial charge in [0.05, 0.1) is 44.1 Å². The smallest absolute Gasteiger partial charge is 0.407 e. The fourth-order valence-electron chi connectivity index (χ4n) is 6.40. The maximum Gasteiger partial charge on any atom is 0.407 e. The summed E-state index contributed by atoms with van der Waals surface area (Å²) in [5.41, 5.74) is 7.80. The topological polar surface area (TPSA) is 220 Å². The van der Waals surface area contributed by atoms with E-state index in [1.54, 1.807) is 101 Å². The average Bonchev–Trinajstić information content (AvgIpc) is 3.71. The predicted octanol–water partition coefficient (Wildman–Crippen LogP) is 5.75. The van der Waals surface area contributed by atoms with Crippen LogP contribution in [0.4, 0.5) is 10.6 Å². The van der Waals surface area contributed by atoms with Crippen LogP contribution in [0.2, 0.25) is 0 Å². The van der Waals surface area contributed by atoms with Gasteiger partial charge < -0.3 is 30.0 Å². The Morgan fingerprint density at radius 1 is 0.758 bits per heavy atom. The molecule has 3 N–H and O–H groups in total. The molecule has 0 unspecified atom stereocenters. The predicted molar refractivity (Wildman–Crippen MR) is 232 cm³/mol. The number of hydrogen-bond donors (Lipinski definition) is 2. The van der Waals surface area contributed by atoms with Gasteiger partial charge in [0.1, 0.15) is 33.6 Å². The van der Waals surface area contributed by atoms with Crippen LogP contribution in [0.3, 0.4) is 0 Å². The summed E-state index contributed by atoms with van der Waals surface area (Å²) in [6, 6.07) is 26.7. The third kappa shape index (κ3) is 10.8. The van der Waals surface area contributed by atoms with Crippen molar-refractivity contribution in [1.82, 2.24) is 34.8 Å². The monoisotopic (exact) mass is 884 g/mol. The Morgan fingerprint density at radius 3 is 1.82 bits per heavy atom. The Bertz CT molecular complexity index is 2670. The van der Waals surface area contributed by atoms with Crippen LogP contribution in [0.15, 0.2) is 113 Å². The SMILES string of the molecule is COc1ccc(CN(Cc2ccc(OC)cc2)S(=O)(=O)c2c(S(=O)(=O)CCNC(=O)OC(C)(C)C)ccc(-c3cccnc3N)c2-c2nnn(Cc3ccc(OC)cc3)n2)cc1. The number of ether oxygens (including phenoxy) is 4. The third-order valence-electron chi connectivity index (χ3n) is 9.42. The summed E-state index contributed by atoms with van der Waals surface area (Å²) < 4.78 is 83.3. The lowest BCUT2D eigenvalue weighted by atomic mass is 9.99. The molecule has 1 amide bonds. The summed E-state index contributed by atoms with van der Waals surface area (Å²) in [4.78, 5) is 16.9. The Kier molecular flexibility index (Phi) is 13.8. The molecule has 2 aromatic heterocycles. The molecule has 0 spiro atoms. The normalized spacial score (nSPS) is 11.9. The lowest BCUT2D eigenvalue weighted by Crippen LogP contribution is -2.35. The molecule has 0 atom stereocenters. The van der Waals surface area contributed by atoms with E-state index in [2.05, 4.69) is 25.7 Å². The van der Waals surface area contributed by atoms with Gasteiger partial charge in [-0.1, -0.05) is 42.5 Å². The van der Waals surface area contributed by atoms with Gasteiger partial charge >= 0.3 is 6.09 Å². The van der Waals surface area contributed by atoms with Gasteiger partial charge in [0.2, 0.25) is 15.8 Å². The number of sulfone groups is 1. The summed E-state index contributed by atoms with van der Waals surface area (Å²) in [6.45, 7) is 4.33. The quantitative estimate of drug-likeness (QED) is 0.112. The fourth-order valence-corrected chi connectivity index (χ4v) is 10.0. The average molecular weight is 885 g/mol. The summed E-state index contributed by atoms with van der Waals surface area (Å²) in [6.07, 6.45) is 0.632. The lowest BCUT2D eigenvalue weighted by molar-refractivity contribution is 0.0531. The van der Waals surface area contributed by atoms with Crippen molar-refractivity contribution in [2.45, 2.75) is 55.8 Å². The largest absolute Gasteiger partial charge is 0.497 e. The fraction of sp³-hybridized carbons (Fsp3) is 0.279. The summed E-state index contributed by atoms with van der Waals surface area (Å²) in [5.74, 6) is 0.889. The number of tetrazole rings is 1. The number of nitrogens with zero attached hydrogens (tertiary/aromatic N) is 6. The Labute approximate surface area is 360 Å². The van der Waals surface area contributed by atoms with Gasteiger partial charge in [0.15, 0.2) is 9.84 Å². The van der Waals surface area contributed by atoms with Gasteiger partial charge in [-0.3, -0.25) is 0 Å². The van der Waals surface area contributed by atoms with E-state index in [1.807, 2.05) is 12.1 Å². The number of pyridine rings is 1. The number of carbonyl (C=O) groups is 1. The summed E-state index contributed by atoms with van der Waals surface area (Å²) in [5, 5.41) is 15.7. The van der Waals surface area contributed by atoms with Crippen molar-refractivity contribution in [1.29, 1.82) is 0 Å². The van der Waals surface area contributed by atoms with Crippen LogP contribution in [0.5, 0.6) is 17.2 Å². The van der Waals surface area contributed by atoms with Crippen molar-refractivity contribution in [2.75, 3.05) is 39.4 Å². The van der Waals surface area contributed by atoms with Crippen molar-refractivity contribution in [3.63, 3.8) is 0 Å². The first-order valence-corrected chi connectivity index (χ1v) is 22.3. The highest BCUT2D eigenvalue weighted by Gasteiger charge is 2.38. The van der Waals surface area contributed by atoms with Gasteiger partial charge in [0, 0.05) is 31.4 Å². The minimum absolute atomic E-state index is 0.0354. The Balaban J connectivity index is 1.58. The van der Waals surface area contributed by atoms with Gasteiger partial charge in [0.25, 0.3) is 0 Å². The van der Waals surface area contributed by atoms with E-state index >= 15 is 8.42 Å². The molecule has 19 heteroatoms. The third-order valence-corrected chi connectivity index (χ3v) is 13.2. The maximum atomic E-state index is 15.8. The number of nitrogen functional groups attached to an aromatic ring is 1. The van der Waals surface area contributed by atoms with E-state index < -0.39 is 53.6 Å². The van der Waals surface area contributed by atoms with Crippen LogP contribution < -0.4 is 25.3 Å². The van der Waals surface area contributed by atoms with Crippen LogP contribution in [-0.2, 0) is 44.2 Å². The molecule has 0 bridgehead atoms. The van der Waals surface area contributed by atoms with Gasteiger partial charge in [-0.25, -0.2) is 26.6 Å². The number of nitrogens with one attached hydrogen (secondary N) is 1. The van der Waals surface area contributed by atoms with Crippen molar-refractivity contribution in [3.05, 3.63) is 120 Å². The second-order valence-corrected chi connectivity index (χ2v) is 18.9. The van der Waals surface area contributed by atoms with E-state index in [9.17, 15) is 13.2 Å². The van der Waals surface area contributed by atoms with E-state index in [1.165, 1.54) is 41.7 Å². The molecule has 0 aliphatic heterocycles. The molecule has 0 fully saturated rings. The molecular formula is C43H48N8O9S2. The number of alkyl carbamates (subject to hydrolysis) is 1. The van der Waals surface area contributed by atoms with Crippen LogP contribution in [0, 0.1) is 0 Å². The van der Waals surface area contributed by atoms with E-state index in [0.717, 1.165) is 5.56 Å². The van der Waals surface area contributed by atoms with Crippen molar-refractivity contribution in [3.8, 4) is 39.8 Å². The van der Waals surface area contributed by atoms with Crippen molar-refractivity contribution >= 4 is 31.8 Å². The summed E-state index contributed by atoms with van der Waals surface area (Å²) in [7, 11) is -4.86. The molecular weight excluding hydrogens is 837 g/mol. The minimum atomic E-state index is -4.90. The number of hydrogen-bond acceptors (Lipinski definition) is 14. The first-order valence-electron chi connectivity index (χ1n) is 19.3. The first-order chi connectivity index (χ1) is 29.5. The zero-order chi connectivity index (χ0) is 44.7. The van der Waals surface area contributed by atoms with Gasteiger partial charge in [-0.05, 0) is 103 Å². The molecule has 0 aliphatic carbocycles. The molecule has 0 radical (unpaired) electrons. The zero-order valence-corrected chi connectivity index (χ0v) is 36.7. The molecule has 17 nitrogen and oxygen atoms in total. The molecule has 326 valence electrons. The molecule has 4 aromatic carbocycles. The number of aromatic nitrogens is 5. The lowest BCUT2D eigenvalue weighted by Gasteiger charge is -2.26. The molecule has 0 saturated heterocycles. The standard InChI is InChI=1S/C43H48N8O9S2/c1-43(2,3)60-42(52)46-24-25-61(53,54)37-22-21-35(36-8-7-23-45-40(36)44)38(41-47-49-51(48-41)28-31-13-19-34(59-6)20-14-31)39(37)62(55,56)50(26-29-9-15-32(57-4)16-10-29)27-30-11-17-33(58-5)18-12-30/h7-23H,24-28H2,1-6H3,(H2,44,45)(H,46,52). The molecule has 6 rings (SSSR count). The number of benzene rings is 4. The van der Waals surface area contributed by atoms with E-state index in [4.69, 9.17) is 24.7 Å². The molecule has 0 saturated carbocycles. The highest BCUT2D eigenvalue weighted by atomic mass is 32.2. The van der Waals surface area contributed by atoms with Crippen LogP contribution in [-0.4, -0.2) is 91.7 Å². The number of sulfonamides is 1. The second kappa shape index (κ2) is 19.0. The molecule has 2 heterocycles. The van der Waals surface area contributed by atoms with E-state index in [0.29, 0.717) is 28.4 Å². The number of carbonyl (C=O) groups excluding carboxylic acids is 1. The number of rotatable bonds is 17. The first kappa shape index (κ1) is 45.0. The number of nitrogens with two attached hydrogens (primary N) is 1. The van der Waals surface area contributed by atoms with E-state index in [-0.39, 0.29) is 48.0 Å². The molecule has 62 heavy (non-hydrogen) atoms. The van der Waals surface area contributed by atoms with Crippen LogP contribution in [0.1, 0.15) is 37.5 Å². The highest BCUT2D eigenvalue weighted by molar-refractivity contribution is 7.93. The highest BCUT2D eigenvalue weighted by Crippen LogP contribution is 2.42. The Hall–Kier alpha value is -6.57. The Morgan fingerprint density at radius 2 is 1.31 bits per heavy atom.